The Morgan fingerprint density at radius 1 is 1.23 bits per heavy atom. The molecule has 9 nitrogen and oxygen atoms in total. The van der Waals surface area contributed by atoms with Crippen molar-refractivity contribution in [1.29, 1.82) is 0 Å². The first-order chi connectivity index (χ1) is 14.8. The zero-order valence-electron chi connectivity index (χ0n) is 17.6. The van der Waals surface area contributed by atoms with Crippen molar-refractivity contribution in [3.05, 3.63) is 29.8 Å². The SMILES string of the molecule is C[C@H](C(=O)N1CCC[C@@H](C(N)=O)C1)N1CC[C@@]2(CCC1=O)NC(=O)c1ccccc1O2. The van der Waals surface area contributed by atoms with E-state index in [-0.39, 0.29) is 36.6 Å². The second-order valence-electron chi connectivity index (χ2n) is 8.59. The van der Waals surface area contributed by atoms with Crippen LogP contribution in [-0.2, 0) is 14.4 Å². The van der Waals surface area contributed by atoms with Gasteiger partial charge in [0.05, 0.1) is 11.5 Å². The molecule has 0 unspecified atom stereocenters. The van der Waals surface area contributed by atoms with E-state index in [2.05, 4.69) is 5.32 Å². The van der Waals surface area contributed by atoms with Crippen molar-refractivity contribution in [3.8, 4) is 5.75 Å². The van der Waals surface area contributed by atoms with Gasteiger partial charge in [-0.25, -0.2) is 0 Å². The van der Waals surface area contributed by atoms with Crippen LogP contribution in [0.15, 0.2) is 24.3 Å². The minimum Gasteiger partial charge on any atom is -0.467 e. The molecule has 3 aliphatic rings. The number of primary amides is 1. The predicted molar refractivity (Wildman–Crippen MR) is 111 cm³/mol. The molecule has 3 heterocycles. The highest BCUT2D eigenvalue weighted by atomic mass is 16.5. The number of likely N-dealkylation sites (tertiary alicyclic amines) is 2. The Morgan fingerprint density at radius 3 is 2.77 bits per heavy atom. The Hall–Kier alpha value is -3.10. The van der Waals surface area contributed by atoms with Crippen molar-refractivity contribution in [2.75, 3.05) is 19.6 Å². The molecule has 166 valence electrons. The highest BCUT2D eigenvalue weighted by Gasteiger charge is 2.44. The number of ether oxygens (including phenoxy) is 1. The molecule has 2 saturated heterocycles. The normalized spacial score (nSPS) is 27.1. The topological polar surface area (TPSA) is 122 Å². The first-order valence-corrected chi connectivity index (χ1v) is 10.8. The van der Waals surface area contributed by atoms with E-state index in [4.69, 9.17) is 10.5 Å². The molecule has 3 aliphatic heterocycles. The van der Waals surface area contributed by atoms with Gasteiger partial charge in [-0.1, -0.05) is 12.1 Å². The number of hydrogen-bond donors (Lipinski definition) is 2. The van der Waals surface area contributed by atoms with Gasteiger partial charge in [0.25, 0.3) is 5.91 Å². The monoisotopic (exact) mass is 428 g/mol. The third-order valence-corrected chi connectivity index (χ3v) is 6.56. The molecule has 1 aromatic carbocycles. The van der Waals surface area contributed by atoms with Gasteiger partial charge in [0.1, 0.15) is 11.8 Å². The number of nitrogens with two attached hydrogens (primary N) is 1. The van der Waals surface area contributed by atoms with Crippen molar-refractivity contribution in [1.82, 2.24) is 15.1 Å². The smallest absolute Gasteiger partial charge is 0.258 e. The predicted octanol–water partition coefficient (Wildman–Crippen LogP) is 0.630. The third-order valence-electron chi connectivity index (χ3n) is 6.56. The maximum atomic E-state index is 13.1. The number of amides is 4. The van der Waals surface area contributed by atoms with Crippen LogP contribution >= 0.6 is 0 Å². The number of nitrogens with one attached hydrogen (secondary N) is 1. The lowest BCUT2D eigenvalue weighted by Gasteiger charge is -2.39. The second-order valence-corrected chi connectivity index (χ2v) is 8.59. The molecular weight excluding hydrogens is 400 g/mol. The van der Waals surface area contributed by atoms with Crippen LogP contribution in [0.25, 0.3) is 0 Å². The summed E-state index contributed by atoms with van der Waals surface area (Å²) in [4.78, 5) is 53.3. The molecule has 0 bridgehead atoms. The van der Waals surface area contributed by atoms with E-state index >= 15 is 0 Å². The van der Waals surface area contributed by atoms with Gasteiger partial charge < -0.3 is 25.6 Å². The molecule has 9 heteroatoms. The number of carbonyl (C=O) groups is 4. The van der Waals surface area contributed by atoms with Crippen LogP contribution in [0.4, 0.5) is 0 Å². The summed E-state index contributed by atoms with van der Waals surface area (Å²) in [5.74, 6) is -0.811. The van der Waals surface area contributed by atoms with Gasteiger partial charge in [-0.15, -0.1) is 0 Å². The van der Waals surface area contributed by atoms with Gasteiger partial charge >= 0.3 is 0 Å². The summed E-state index contributed by atoms with van der Waals surface area (Å²) in [6.07, 6.45) is 2.25. The molecule has 3 atom stereocenters. The molecule has 0 aliphatic carbocycles. The van der Waals surface area contributed by atoms with Crippen LogP contribution in [0.1, 0.15) is 49.4 Å². The van der Waals surface area contributed by atoms with E-state index in [1.807, 2.05) is 0 Å². The van der Waals surface area contributed by atoms with Crippen LogP contribution < -0.4 is 15.8 Å². The molecule has 3 N–H and O–H groups in total. The number of para-hydroxylation sites is 1. The van der Waals surface area contributed by atoms with Gasteiger partial charge in [0.2, 0.25) is 17.7 Å². The number of hydrogen-bond acceptors (Lipinski definition) is 5. The Morgan fingerprint density at radius 2 is 2.00 bits per heavy atom. The Balaban J connectivity index is 1.46. The molecular formula is C22H28N4O5. The molecule has 1 spiro atoms. The molecule has 0 radical (unpaired) electrons. The molecule has 0 aromatic heterocycles. The van der Waals surface area contributed by atoms with E-state index in [1.54, 1.807) is 41.0 Å². The maximum Gasteiger partial charge on any atom is 0.258 e. The lowest BCUT2D eigenvalue weighted by Crippen LogP contribution is -2.57. The number of fused-ring (bicyclic) bond motifs is 1. The standard InChI is InChI=1S/C22H28N4O5/c1-14(21(30)25-11-4-5-15(13-25)19(23)28)26-12-10-22(9-8-18(26)27)24-20(29)16-6-2-3-7-17(16)31-22/h2-3,6-7,14-15H,4-5,8-13H2,1H3,(H2,23,28)(H,24,29)/t14-,15-,22+/m1/s1. The molecule has 2 fully saturated rings. The zero-order valence-corrected chi connectivity index (χ0v) is 17.6. The quantitative estimate of drug-likeness (QED) is 0.731. The largest absolute Gasteiger partial charge is 0.467 e. The molecule has 31 heavy (non-hydrogen) atoms. The fourth-order valence-corrected chi connectivity index (χ4v) is 4.70. The first-order valence-electron chi connectivity index (χ1n) is 10.8. The zero-order chi connectivity index (χ0) is 22.2. The van der Waals surface area contributed by atoms with Crippen LogP contribution in [0.5, 0.6) is 5.75 Å². The number of piperidine rings is 1. The lowest BCUT2D eigenvalue weighted by molar-refractivity contribution is -0.146. The van der Waals surface area contributed by atoms with E-state index in [0.717, 1.165) is 0 Å². The van der Waals surface area contributed by atoms with E-state index in [1.165, 1.54) is 0 Å². The Kier molecular flexibility index (Phi) is 5.60. The first kappa shape index (κ1) is 21.1. The van der Waals surface area contributed by atoms with E-state index in [9.17, 15) is 19.2 Å². The minimum absolute atomic E-state index is 0.155. The summed E-state index contributed by atoms with van der Waals surface area (Å²) < 4.78 is 6.15. The third kappa shape index (κ3) is 4.08. The highest BCUT2D eigenvalue weighted by Crippen LogP contribution is 2.34. The van der Waals surface area contributed by atoms with Crippen molar-refractivity contribution in [2.45, 2.75) is 50.8 Å². The number of benzene rings is 1. The Bertz CT molecular complexity index is 919. The molecule has 0 saturated carbocycles. The highest BCUT2D eigenvalue weighted by molar-refractivity contribution is 5.98. The van der Waals surface area contributed by atoms with Gasteiger partial charge in [-0.2, -0.15) is 0 Å². The summed E-state index contributed by atoms with van der Waals surface area (Å²) in [6, 6.07) is 6.36. The van der Waals surface area contributed by atoms with Gasteiger partial charge in [0, 0.05) is 38.9 Å². The van der Waals surface area contributed by atoms with E-state index < -0.39 is 17.7 Å². The number of rotatable bonds is 3. The van der Waals surface area contributed by atoms with Crippen LogP contribution in [0.2, 0.25) is 0 Å². The minimum atomic E-state index is -0.971. The van der Waals surface area contributed by atoms with Crippen LogP contribution in [-0.4, -0.2) is 64.8 Å². The summed E-state index contributed by atoms with van der Waals surface area (Å²) in [7, 11) is 0. The van der Waals surface area contributed by atoms with Crippen LogP contribution in [0.3, 0.4) is 0 Å². The summed E-state index contributed by atoms with van der Waals surface area (Å²) >= 11 is 0. The average molecular weight is 428 g/mol. The van der Waals surface area contributed by atoms with Gasteiger partial charge in [0.15, 0.2) is 5.72 Å². The molecule has 4 rings (SSSR count). The van der Waals surface area contributed by atoms with Crippen molar-refractivity contribution < 1.29 is 23.9 Å². The average Bonchev–Trinajstić information content (AvgIpc) is 2.92. The fraction of sp³-hybridized carbons (Fsp3) is 0.545. The second kappa shape index (κ2) is 8.20. The maximum absolute atomic E-state index is 13.1. The fourth-order valence-electron chi connectivity index (χ4n) is 4.70. The number of nitrogens with zero attached hydrogens (tertiary/aromatic N) is 2. The summed E-state index contributed by atoms with van der Waals surface area (Å²) in [5, 5.41) is 2.93. The Labute approximate surface area is 180 Å². The molecule has 1 aromatic rings. The summed E-state index contributed by atoms with van der Waals surface area (Å²) in [6.45, 7) is 2.83. The van der Waals surface area contributed by atoms with Crippen LogP contribution in [0, 0.1) is 5.92 Å². The van der Waals surface area contributed by atoms with Gasteiger partial charge in [-0.05, 0) is 31.9 Å². The van der Waals surface area contributed by atoms with Crippen molar-refractivity contribution >= 4 is 23.6 Å². The van der Waals surface area contributed by atoms with Crippen molar-refractivity contribution in [2.24, 2.45) is 11.7 Å². The van der Waals surface area contributed by atoms with Gasteiger partial charge in [-0.3, -0.25) is 19.2 Å². The van der Waals surface area contributed by atoms with Crippen molar-refractivity contribution in [3.63, 3.8) is 0 Å². The lowest BCUT2D eigenvalue weighted by atomic mass is 9.97. The summed E-state index contributed by atoms with van der Waals surface area (Å²) in [5.41, 5.74) is 4.92. The van der Waals surface area contributed by atoms with E-state index in [0.29, 0.717) is 50.1 Å². The number of carbonyl (C=O) groups excluding carboxylic acids is 4. The molecule has 4 amide bonds.